The van der Waals surface area contributed by atoms with Crippen molar-refractivity contribution in [1.82, 2.24) is 4.90 Å². The fraction of sp³-hybridized carbons (Fsp3) is 0.533. The number of hydrogen-bond donors (Lipinski definition) is 3. The molecule has 0 amide bonds. The van der Waals surface area contributed by atoms with E-state index in [-0.39, 0.29) is 5.60 Å². The quantitative estimate of drug-likeness (QED) is 0.643. The van der Waals surface area contributed by atoms with Gasteiger partial charge < -0.3 is 25.0 Å². The van der Waals surface area contributed by atoms with Gasteiger partial charge in [-0.25, -0.2) is 14.4 Å². The van der Waals surface area contributed by atoms with Gasteiger partial charge in [0.25, 0.3) is 0 Å². The maximum Gasteiger partial charge on any atom is 0.328 e. The molecule has 0 aliphatic carbocycles. The van der Waals surface area contributed by atoms with Gasteiger partial charge in [-0.05, 0) is 25.5 Å². The van der Waals surface area contributed by atoms with Gasteiger partial charge in [0.05, 0.1) is 12.2 Å². The van der Waals surface area contributed by atoms with Crippen LogP contribution < -0.4 is 0 Å². The molecule has 0 aromatic rings. The molecule has 2 aliphatic rings. The summed E-state index contributed by atoms with van der Waals surface area (Å²) in [6.45, 7) is 2.58. The summed E-state index contributed by atoms with van der Waals surface area (Å²) in [6.07, 6.45) is 5.24. The van der Waals surface area contributed by atoms with Crippen LogP contribution in [-0.4, -0.2) is 70.5 Å². The smallest absolute Gasteiger partial charge is 0.328 e. The van der Waals surface area contributed by atoms with Crippen LogP contribution in [-0.2, 0) is 19.1 Å². The molecular formula is C15H21NO7. The number of carboxylic acids is 3. The minimum atomic E-state index is -1.26. The molecule has 8 heteroatoms. The van der Waals surface area contributed by atoms with Crippen LogP contribution >= 0.6 is 0 Å². The molecule has 0 unspecified atom stereocenters. The molecule has 2 rings (SSSR count). The van der Waals surface area contributed by atoms with Gasteiger partial charge >= 0.3 is 17.9 Å². The molecule has 0 radical (unpaired) electrons. The minimum absolute atomic E-state index is 0.0617. The summed E-state index contributed by atoms with van der Waals surface area (Å²) >= 11 is 0. The highest BCUT2D eigenvalue weighted by Crippen LogP contribution is 2.37. The second-order valence-electron chi connectivity index (χ2n) is 5.60. The standard InChI is InChI=1S/C11H17NO3.C4H4O4/c1-12-4-2-11(3-5-12)7-9(8-15-11)6-10(13)14;5-3(6)1-2-4(7)8/h6H,2-5,7-8H2,1H3,(H,13,14);1-2H,(H,5,6)(H,7,8)/b;2-1-. The molecular weight excluding hydrogens is 306 g/mol. The molecule has 2 aliphatic heterocycles. The predicted molar refractivity (Wildman–Crippen MR) is 80.2 cm³/mol. The van der Waals surface area contributed by atoms with E-state index in [1.165, 1.54) is 6.08 Å². The predicted octanol–water partition coefficient (Wildman–Crippen LogP) is 0.594. The Kier molecular flexibility index (Phi) is 6.92. The fourth-order valence-corrected chi connectivity index (χ4v) is 2.52. The zero-order valence-electron chi connectivity index (χ0n) is 12.9. The number of rotatable bonds is 3. The van der Waals surface area contributed by atoms with E-state index in [2.05, 4.69) is 11.9 Å². The second-order valence-corrected chi connectivity index (χ2v) is 5.60. The Balaban J connectivity index is 0.000000284. The van der Waals surface area contributed by atoms with Crippen LogP contribution in [0.25, 0.3) is 0 Å². The first kappa shape index (κ1) is 18.9. The Hall–Kier alpha value is -2.19. The monoisotopic (exact) mass is 327 g/mol. The van der Waals surface area contributed by atoms with Crippen molar-refractivity contribution in [3.05, 3.63) is 23.8 Å². The van der Waals surface area contributed by atoms with Crippen molar-refractivity contribution in [3.8, 4) is 0 Å². The van der Waals surface area contributed by atoms with E-state index in [0.29, 0.717) is 18.8 Å². The van der Waals surface area contributed by atoms with Crippen molar-refractivity contribution in [1.29, 1.82) is 0 Å². The van der Waals surface area contributed by atoms with Gasteiger partial charge in [0, 0.05) is 37.7 Å². The Morgan fingerprint density at radius 3 is 2.00 bits per heavy atom. The highest BCUT2D eigenvalue weighted by atomic mass is 16.5. The Bertz CT molecular complexity index is 500. The maximum atomic E-state index is 10.5. The topological polar surface area (TPSA) is 124 Å². The highest BCUT2D eigenvalue weighted by Gasteiger charge is 2.39. The van der Waals surface area contributed by atoms with Crippen molar-refractivity contribution >= 4 is 17.9 Å². The molecule has 1 spiro atoms. The van der Waals surface area contributed by atoms with E-state index in [1.54, 1.807) is 0 Å². The summed E-state index contributed by atoms with van der Waals surface area (Å²) in [5, 5.41) is 24.3. The molecule has 8 nitrogen and oxygen atoms in total. The summed E-state index contributed by atoms with van der Waals surface area (Å²) in [6, 6.07) is 0. The number of hydrogen-bond acceptors (Lipinski definition) is 5. The number of piperidine rings is 1. The summed E-state index contributed by atoms with van der Waals surface area (Å²) in [5.74, 6) is -3.38. The average molecular weight is 327 g/mol. The van der Waals surface area contributed by atoms with Gasteiger partial charge in [0.1, 0.15) is 0 Å². The van der Waals surface area contributed by atoms with E-state index in [4.69, 9.17) is 20.1 Å². The van der Waals surface area contributed by atoms with Crippen molar-refractivity contribution < 1.29 is 34.4 Å². The zero-order chi connectivity index (χ0) is 17.5. The van der Waals surface area contributed by atoms with Gasteiger partial charge in [-0.2, -0.15) is 0 Å². The van der Waals surface area contributed by atoms with Crippen LogP contribution in [0.5, 0.6) is 0 Å². The molecule has 2 heterocycles. The van der Waals surface area contributed by atoms with Gasteiger partial charge in [-0.1, -0.05) is 0 Å². The number of aliphatic carboxylic acids is 3. The molecule has 0 bridgehead atoms. The second kappa shape index (κ2) is 8.44. The van der Waals surface area contributed by atoms with E-state index >= 15 is 0 Å². The minimum Gasteiger partial charge on any atom is -0.478 e. The Morgan fingerprint density at radius 1 is 1.04 bits per heavy atom. The Morgan fingerprint density at radius 2 is 1.57 bits per heavy atom. The SMILES string of the molecule is CN1CCC2(CC1)CC(=CC(=O)O)CO2.O=C(O)/C=C\C(=O)O. The first-order valence-electron chi connectivity index (χ1n) is 7.11. The van der Waals surface area contributed by atoms with E-state index in [9.17, 15) is 14.4 Å². The van der Waals surface area contributed by atoms with Gasteiger partial charge in [-0.15, -0.1) is 0 Å². The molecule has 0 saturated carbocycles. The number of carboxylic acid groups (broad SMARTS) is 3. The van der Waals surface area contributed by atoms with Gasteiger partial charge in [-0.3, -0.25) is 0 Å². The van der Waals surface area contributed by atoms with E-state index in [1.807, 2.05) is 0 Å². The summed E-state index contributed by atoms with van der Waals surface area (Å²) in [7, 11) is 2.11. The van der Waals surface area contributed by atoms with Crippen molar-refractivity contribution in [3.63, 3.8) is 0 Å². The van der Waals surface area contributed by atoms with Crippen molar-refractivity contribution in [2.45, 2.75) is 24.9 Å². The number of likely N-dealkylation sites (tertiary alicyclic amines) is 1. The van der Waals surface area contributed by atoms with Gasteiger partial charge in [0.2, 0.25) is 0 Å². The van der Waals surface area contributed by atoms with Crippen molar-refractivity contribution in [2.75, 3.05) is 26.7 Å². The third-order valence-electron chi connectivity index (χ3n) is 3.71. The number of nitrogens with zero attached hydrogens (tertiary/aromatic N) is 1. The lowest BCUT2D eigenvalue weighted by Crippen LogP contribution is -2.42. The summed E-state index contributed by atoms with van der Waals surface area (Å²) in [5.41, 5.74) is 0.861. The lowest BCUT2D eigenvalue weighted by Gasteiger charge is -2.36. The molecule has 2 saturated heterocycles. The first-order valence-corrected chi connectivity index (χ1v) is 7.11. The van der Waals surface area contributed by atoms with Crippen LogP contribution in [0.1, 0.15) is 19.3 Å². The first-order chi connectivity index (χ1) is 10.7. The highest BCUT2D eigenvalue weighted by molar-refractivity contribution is 5.89. The van der Waals surface area contributed by atoms with Crippen LogP contribution in [0.3, 0.4) is 0 Å². The van der Waals surface area contributed by atoms with Crippen LogP contribution in [0.2, 0.25) is 0 Å². The van der Waals surface area contributed by atoms with Gasteiger partial charge in [0.15, 0.2) is 0 Å². The summed E-state index contributed by atoms with van der Waals surface area (Å²) in [4.78, 5) is 31.9. The van der Waals surface area contributed by atoms with Crippen LogP contribution in [0.4, 0.5) is 0 Å². The average Bonchev–Trinajstić information content (AvgIpc) is 2.83. The molecule has 23 heavy (non-hydrogen) atoms. The number of ether oxygens (including phenoxy) is 1. The van der Waals surface area contributed by atoms with E-state index < -0.39 is 17.9 Å². The number of carbonyl (C=O) groups is 3. The third kappa shape index (κ3) is 7.07. The summed E-state index contributed by atoms with van der Waals surface area (Å²) < 4.78 is 5.78. The molecule has 3 N–H and O–H groups in total. The molecule has 2 fully saturated rings. The normalized spacial score (nSPS) is 22.0. The third-order valence-corrected chi connectivity index (χ3v) is 3.71. The lowest BCUT2D eigenvalue weighted by molar-refractivity contribution is -0.134. The van der Waals surface area contributed by atoms with Crippen LogP contribution in [0.15, 0.2) is 23.8 Å². The molecule has 0 aromatic heterocycles. The lowest BCUT2D eigenvalue weighted by atomic mass is 9.87. The Labute approximate surface area is 133 Å². The largest absolute Gasteiger partial charge is 0.478 e. The van der Waals surface area contributed by atoms with E-state index in [0.717, 1.165) is 37.9 Å². The molecule has 128 valence electrons. The fourth-order valence-electron chi connectivity index (χ4n) is 2.52. The zero-order valence-corrected chi connectivity index (χ0v) is 12.9. The molecule has 0 aromatic carbocycles. The van der Waals surface area contributed by atoms with Crippen molar-refractivity contribution in [2.24, 2.45) is 0 Å². The maximum absolute atomic E-state index is 10.5. The van der Waals surface area contributed by atoms with Crippen LogP contribution in [0, 0.1) is 0 Å². The molecule has 0 atom stereocenters.